The van der Waals surface area contributed by atoms with Gasteiger partial charge in [-0.05, 0) is 22.0 Å². The van der Waals surface area contributed by atoms with Crippen molar-refractivity contribution in [3.8, 4) is 0 Å². The van der Waals surface area contributed by atoms with Crippen LogP contribution in [0, 0.1) is 10.1 Å². The third-order valence-corrected chi connectivity index (χ3v) is 2.75. The van der Waals surface area contributed by atoms with Gasteiger partial charge in [-0.25, -0.2) is 0 Å². The lowest BCUT2D eigenvalue weighted by molar-refractivity contribution is -0.384. The summed E-state index contributed by atoms with van der Waals surface area (Å²) in [6.07, 6.45) is 1.25. The zero-order valence-electron chi connectivity index (χ0n) is 8.75. The van der Waals surface area contributed by atoms with Crippen LogP contribution in [0.1, 0.15) is 10.5 Å². The number of aromatic nitrogens is 3. The number of hydrogen-bond acceptors (Lipinski definition) is 5. The van der Waals surface area contributed by atoms with Gasteiger partial charge >= 0.3 is 0 Å². The SMILES string of the molecule is O=C(Nc1cc([N+](=O)[O-])ccc1Br)c1cn[nH]n1. The number of aromatic amines is 1. The molecule has 0 aliphatic heterocycles. The summed E-state index contributed by atoms with van der Waals surface area (Å²) in [6.45, 7) is 0. The molecule has 2 rings (SSSR count). The predicted octanol–water partition coefficient (Wildman–Crippen LogP) is 1.73. The van der Waals surface area contributed by atoms with E-state index in [0.29, 0.717) is 4.47 Å². The van der Waals surface area contributed by atoms with Crippen molar-refractivity contribution in [2.75, 3.05) is 5.32 Å². The van der Waals surface area contributed by atoms with Crippen LogP contribution in [0.15, 0.2) is 28.9 Å². The van der Waals surface area contributed by atoms with Gasteiger partial charge in [0, 0.05) is 16.6 Å². The van der Waals surface area contributed by atoms with E-state index in [1.807, 2.05) is 0 Å². The number of rotatable bonds is 3. The molecule has 0 radical (unpaired) electrons. The maximum Gasteiger partial charge on any atom is 0.277 e. The first kappa shape index (κ1) is 12.2. The van der Waals surface area contributed by atoms with Crippen LogP contribution in [0.4, 0.5) is 11.4 Å². The van der Waals surface area contributed by atoms with E-state index in [4.69, 9.17) is 0 Å². The number of carbonyl (C=O) groups is 1. The second-order valence-electron chi connectivity index (χ2n) is 3.23. The monoisotopic (exact) mass is 311 g/mol. The molecule has 1 aromatic carbocycles. The van der Waals surface area contributed by atoms with Crippen LogP contribution in [0.25, 0.3) is 0 Å². The molecular weight excluding hydrogens is 306 g/mol. The molecule has 2 N–H and O–H groups in total. The largest absolute Gasteiger partial charge is 0.319 e. The Kier molecular flexibility index (Phi) is 3.33. The number of benzene rings is 1. The van der Waals surface area contributed by atoms with Crippen molar-refractivity contribution < 1.29 is 9.72 Å². The van der Waals surface area contributed by atoms with Crippen LogP contribution in [0.3, 0.4) is 0 Å². The van der Waals surface area contributed by atoms with Crippen LogP contribution < -0.4 is 5.32 Å². The lowest BCUT2D eigenvalue weighted by Gasteiger charge is -2.05. The number of non-ortho nitro benzene ring substituents is 1. The van der Waals surface area contributed by atoms with Crippen LogP contribution in [-0.4, -0.2) is 26.2 Å². The summed E-state index contributed by atoms with van der Waals surface area (Å²) in [5.41, 5.74) is 0.263. The fourth-order valence-electron chi connectivity index (χ4n) is 1.22. The van der Waals surface area contributed by atoms with E-state index in [-0.39, 0.29) is 17.1 Å². The molecule has 0 saturated heterocycles. The number of nitrogens with zero attached hydrogens (tertiary/aromatic N) is 3. The van der Waals surface area contributed by atoms with E-state index in [9.17, 15) is 14.9 Å². The molecule has 0 unspecified atom stereocenters. The molecule has 1 amide bonds. The van der Waals surface area contributed by atoms with E-state index in [1.165, 1.54) is 24.4 Å². The number of nitro benzene ring substituents is 1. The Morgan fingerprint density at radius 2 is 2.28 bits per heavy atom. The molecule has 0 atom stereocenters. The summed E-state index contributed by atoms with van der Waals surface area (Å²) in [4.78, 5) is 21.8. The molecule has 8 nitrogen and oxygen atoms in total. The molecule has 18 heavy (non-hydrogen) atoms. The summed E-state index contributed by atoms with van der Waals surface area (Å²) in [5, 5.41) is 22.5. The Morgan fingerprint density at radius 3 is 2.89 bits per heavy atom. The van der Waals surface area contributed by atoms with Gasteiger partial charge in [0.05, 0.1) is 16.8 Å². The van der Waals surface area contributed by atoms with Gasteiger partial charge in [0.2, 0.25) is 0 Å². The van der Waals surface area contributed by atoms with Crippen molar-refractivity contribution >= 4 is 33.2 Å². The fourth-order valence-corrected chi connectivity index (χ4v) is 1.57. The topological polar surface area (TPSA) is 114 Å². The van der Waals surface area contributed by atoms with Crippen molar-refractivity contribution in [2.24, 2.45) is 0 Å². The maximum absolute atomic E-state index is 11.7. The molecule has 9 heteroatoms. The number of nitro groups is 1. The first-order valence-electron chi connectivity index (χ1n) is 4.69. The number of amides is 1. The quantitative estimate of drug-likeness (QED) is 0.661. The highest BCUT2D eigenvalue weighted by Crippen LogP contribution is 2.27. The number of H-pyrrole nitrogens is 1. The molecule has 0 bridgehead atoms. The van der Waals surface area contributed by atoms with Gasteiger partial charge in [0.1, 0.15) is 0 Å². The van der Waals surface area contributed by atoms with Crippen LogP contribution >= 0.6 is 15.9 Å². The van der Waals surface area contributed by atoms with E-state index in [0.717, 1.165) is 0 Å². The smallest absolute Gasteiger partial charge is 0.277 e. The minimum atomic E-state index is -0.543. The van der Waals surface area contributed by atoms with Crippen LogP contribution in [-0.2, 0) is 0 Å². The van der Waals surface area contributed by atoms with Gasteiger partial charge < -0.3 is 5.32 Å². The van der Waals surface area contributed by atoms with Gasteiger partial charge in [-0.15, -0.1) is 0 Å². The summed E-state index contributed by atoms with van der Waals surface area (Å²) in [6, 6.07) is 4.06. The first-order valence-corrected chi connectivity index (χ1v) is 5.48. The van der Waals surface area contributed by atoms with Crippen molar-refractivity contribution in [1.82, 2.24) is 15.4 Å². The summed E-state index contributed by atoms with van der Waals surface area (Å²) >= 11 is 3.19. The number of hydrogen-bond donors (Lipinski definition) is 2. The minimum absolute atomic E-state index is 0.0911. The van der Waals surface area contributed by atoms with Gasteiger partial charge in [-0.2, -0.15) is 15.4 Å². The third-order valence-electron chi connectivity index (χ3n) is 2.06. The normalized spacial score (nSPS) is 10.1. The molecule has 0 fully saturated rings. The summed E-state index contributed by atoms with van der Waals surface area (Å²) < 4.78 is 0.532. The predicted molar refractivity (Wildman–Crippen MR) is 65.1 cm³/mol. The van der Waals surface area contributed by atoms with Gasteiger partial charge in [-0.1, -0.05) is 0 Å². The highest BCUT2D eigenvalue weighted by atomic mass is 79.9. The maximum atomic E-state index is 11.7. The molecular formula is C9H6BrN5O3. The average molecular weight is 312 g/mol. The number of halogens is 1. The van der Waals surface area contributed by atoms with E-state index in [1.54, 1.807) is 0 Å². The second-order valence-corrected chi connectivity index (χ2v) is 4.08. The first-order chi connectivity index (χ1) is 8.58. The Morgan fingerprint density at radius 1 is 1.50 bits per heavy atom. The lowest BCUT2D eigenvalue weighted by Crippen LogP contribution is -2.13. The molecule has 1 heterocycles. The zero-order valence-corrected chi connectivity index (χ0v) is 10.3. The summed E-state index contributed by atoms with van der Waals surface area (Å²) in [5.74, 6) is -0.509. The third kappa shape index (κ3) is 2.51. The standard InChI is InChI=1S/C9H6BrN5O3/c10-6-2-1-5(15(17)18)3-7(6)12-9(16)8-4-11-14-13-8/h1-4H,(H,12,16)(H,11,13,14). The minimum Gasteiger partial charge on any atom is -0.319 e. The number of carbonyl (C=O) groups excluding carboxylic acids is 1. The Bertz CT molecular complexity index is 598. The lowest BCUT2D eigenvalue weighted by atomic mass is 10.2. The van der Waals surface area contributed by atoms with Gasteiger partial charge in [0.25, 0.3) is 11.6 Å². The summed E-state index contributed by atoms with van der Waals surface area (Å²) in [7, 11) is 0. The Balaban J connectivity index is 2.26. The molecule has 0 spiro atoms. The average Bonchev–Trinajstić information content (AvgIpc) is 2.85. The molecule has 92 valence electrons. The van der Waals surface area contributed by atoms with Gasteiger partial charge in [-0.3, -0.25) is 14.9 Å². The molecule has 0 saturated carbocycles. The molecule has 0 aliphatic carbocycles. The van der Waals surface area contributed by atoms with E-state index >= 15 is 0 Å². The molecule has 1 aromatic heterocycles. The van der Waals surface area contributed by atoms with Crippen molar-refractivity contribution in [1.29, 1.82) is 0 Å². The Hall–Kier alpha value is -2.29. The van der Waals surface area contributed by atoms with Gasteiger partial charge in [0.15, 0.2) is 5.69 Å². The number of anilines is 1. The fraction of sp³-hybridized carbons (Fsp3) is 0. The van der Waals surface area contributed by atoms with E-state index in [2.05, 4.69) is 36.7 Å². The highest BCUT2D eigenvalue weighted by molar-refractivity contribution is 9.10. The Labute approximate surface area is 109 Å². The molecule has 0 aliphatic rings. The number of nitrogens with one attached hydrogen (secondary N) is 2. The zero-order chi connectivity index (χ0) is 13.1. The highest BCUT2D eigenvalue weighted by Gasteiger charge is 2.14. The van der Waals surface area contributed by atoms with Crippen LogP contribution in [0.5, 0.6) is 0 Å². The molecule has 2 aromatic rings. The van der Waals surface area contributed by atoms with Crippen molar-refractivity contribution in [2.45, 2.75) is 0 Å². The van der Waals surface area contributed by atoms with Crippen molar-refractivity contribution in [3.63, 3.8) is 0 Å². The van der Waals surface area contributed by atoms with Crippen molar-refractivity contribution in [3.05, 3.63) is 44.7 Å². The van der Waals surface area contributed by atoms with Crippen LogP contribution in [0.2, 0.25) is 0 Å². The van der Waals surface area contributed by atoms with E-state index < -0.39 is 10.8 Å². The second kappa shape index (κ2) is 4.92.